The number of carbonyl (C=O) groups is 1. The van der Waals surface area contributed by atoms with Gasteiger partial charge >= 0.3 is 0 Å². The molecule has 2 nitrogen and oxygen atoms in total. The number of halogens is 1. The van der Waals surface area contributed by atoms with Gasteiger partial charge < -0.3 is 5.32 Å². The zero-order valence-corrected chi connectivity index (χ0v) is 8.23. The summed E-state index contributed by atoms with van der Waals surface area (Å²) in [7, 11) is 0. The number of rotatable bonds is 3. The van der Waals surface area contributed by atoms with Crippen molar-refractivity contribution in [2.24, 2.45) is 5.92 Å². The van der Waals surface area contributed by atoms with E-state index in [-0.39, 0.29) is 5.91 Å². The van der Waals surface area contributed by atoms with Gasteiger partial charge in [-0.1, -0.05) is 6.92 Å². The van der Waals surface area contributed by atoms with Crippen molar-refractivity contribution in [1.29, 1.82) is 0 Å². The molecule has 0 aliphatic heterocycles. The van der Waals surface area contributed by atoms with E-state index < -0.39 is 0 Å². The van der Waals surface area contributed by atoms with Crippen LogP contribution in [0.3, 0.4) is 0 Å². The van der Waals surface area contributed by atoms with Crippen molar-refractivity contribution < 1.29 is 4.79 Å². The van der Waals surface area contributed by atoms with Crippen LogP contribution in [0.1, 0.15) is 32.6 Å². The topological polar surface area (TPSA) is 29.1 Å². The molecule has 2 atom stereocenters. The van der Waals surface area contributed by atoms with Crippen molar-refractivity contribution in [2.75, 3.05) is 6.54 Å². The van der Waals surface area contributed by atoms with Gasteiger partial charge in [0.15, 0.2) is 0 Å². The molecule has 0 aromatic carbocycles. The van der Waals surface area contributed by atoms with E-state index in [2.05, 4.69) is 5.32 Å². The molecule has 0 heterocycles. The minimum Gasteiger partial charge on any atom is -0.356 e. The molecule has 1 fully saturated rings. The zero-order chi connectivity index (χ0) is 8.97. The summed E-state index contributed by atoms with van der Waals surface area (Å²) < 4.78 is 0. The van der Waals surface area contributed by atoms with Crippen molar-refractivity contribution in [2.45, 2.75) is 38.0 Å². The van der Waals surface area contributed by atoms with Gasteiger partial charge in [0.2, 0.25) is 5.91 Å². The molecule has 1 saturated carbocycles. The quantitative estimate of drug-likeness (QED) is 0.676. The molecule has 0 radical (unpaired) electrons. The average molecular weight is 190 g/mol. The zero-order valence-electron chi connectivity index (χ0n) is 7.48. The second-order valence-corrected chi connectivity index (χ2v) is 4.05. The van der Waals surface area contributed by atoms with Crippen LogP contribution in [0.25, 0.3) is 0 Å². The van der Waals surface area contributed by atoms with Crippen LogP contribution in [0.15, 0.2) is 0 Å². The Morgan fingerprint density at radius 2 is 2.33 bits per heavy atom. The molecule has 2 unspecified atom stereocenters. The maximum absolute atomic E-state index is 10.9. The number of nitrogens with one attached hydrogen (secondary N) is 1. The Kier molecular flexibility index (Phi) is 3.86. The van der Waals surface area contributed by atoms with Crippen LogP contribution in [0.5, 0.6) is 0 Å². The van der Waals surface area contributed by atoms with E-state index >= 15 is 0 Å². The number of hydrogen-bond donors (Lipinski definition) is 1. The molecule has 0 aromatic heterocycles. The Labute approximate surface area is 78.7 Å². The first-order chi connectivity index (χ1) is 5.72. The summed E-state index contributed by atoms with van der Waals surface area (Å²) in [6.07, 6.45) is 3.91. The van der Waals surface area contributed by atoms with Gasteiger partial charge in [-0.25, -0.2) is 0 Å². The van der Waals surface area contributed by atoms with Crippen LogP contribution < -0.4 is 5.32 Å². The summed E-state index contributed by atoms with van der Waals surface area (Å²) in [5, 5.41) is 3.24. The summed E-state index contributed by atoms with van der Waals surface area (Å²) >= 11 is 5.94. The lowest BCUT2D eigenvalue weighted by Gasteiger charge is -2.09. The molecule has 1 amide bonds. The maximum Gasteiger partial charge on any atom is 0.219 e. The Bertz CT molecular complexity index is 161. The Morgan fingerprint density at radius 3 is 2.83 bits per heavy atom. The third-order valence-electron chi connectivity index (χ3n) is 2.39. The van der Waals surface area contributed by atoms with Gasteiger partial charge in [0.05, 0.1) is 0 Å². The fraction of sp³-hybridized carbons (Fsp3) is 0.889. The molecule has 70 valence electrons. The molecule has 1 aliphatic rings. The minimum absolute atomic E-state index is 0.146. The van der Waals surface area contributed by atoms with Gasteiger partial charge in [-0.05, 0) is 25.2 Å². The molecule has 3 heteroatoms. The molecule has 1 N–H and O–H groups in total. The van der Waals surface area contributed by atoms with E-state index in [1.165, 1.54) is 0 Å². The van der Waals surface area contributed by atoms with Gasteiger partial charge in [0.1, 0.15) is 0 Å². The monoisotopic (exact) mass is 189 g/mol. The lowest BCUT2D eigenvalue weighted by molar-refractivity contribution is -0.120. The van der Waals surface area contributed by atoms with E-state index in [0.29, 0.717) is 17.7 Å². The highest BCUT2D eigenvalue weighted by Gasteiger charge is 2.22. The second kappa shape index (κ2) is 4.70. The third kappa shape index (κ3) is 3.02. The summed E-state index contributed by atoms with van der Waals surface area (Å²) in [6, 6.07) is 0. The van der Waals surface area contributed by atoms with Crippen LogP contribution in [-0.4, -0.2) is 17.8 Å². The molecule has 1 rings (SSSR count). The van der Waals surface area contributed by atoms with E-state index in [9.17, 15) is 4.79 Å². The molecule has 0 spiro atoms. The van der Waals surface area contributed by atoms with E-state index in [1.807, 2.05) is 6.92 Å². The predicted molar refractivity (Wildman–Crippen MR) is 50.3 cm³/mol. The summed E-state index contributed by atoms with van der Waals surface area (Å²) in [5.74, 6) is 0.760. The van der Waals surface area contributed by atoms with Crippen LogP contribution in [0, 0.1) is 5.92 Å². The van der Waals surface area contributed by atoms with Gasteiger partial charge in [0.25, 0.3) is 0 Å². The summed E-state index contributed by atoms with van der Waals surface area (Å²) in [6.45, 7) is 2.68. The Morgan fingerprint density at radius 1 is 1.58 bits per heavy atom. The van der Waals surface area contributed by atoms with Crippen molar-refractivity contribution >= 4 is 17.5 Å². The largest absolute Gasteiger partial charge is 0.356 e. The number of alkyl halides is 1. The van der Waals surface area contributed by atoms with E-state index in [4.69, 9.17) is 11.6 Å². The molecular formula is C9H16ClNO. The Hall–Kier alpha value is -0.240. The number of carbonyl (C=O) groups excluding carboxylic acids is 1. The van der Waals surface area contributed by atoms with Gasteiger partial charge in [-0.15, -0.1) is 11.6 Å². The van der Waals surface area contributed by atoms with E-state index in [0.717, 1.165) is 25.8 Å². The highest BCUT2D eigenvalue weighted by atomic mass is 35.5. The summed E-state index contributed by atoms with van der Waals surface area (Å²) in [5.41, 5.74) is 0. The number of hydrogen-bond acceptors (Lipinski definition) is 1. The van der Waals surface area contributed by atoms with Gasteiger partial charge in [-0.3, -0.25) is 4.79 Å². The lowest BCUT2D eigenvalue weighted by atomic mass is 10.1. The summed E-state index contributed by atoms with van der Waals surface area (Å²) in [4.78, 5) is 10.9. The minimum atomic E-state index is 0.146. The van der Waals surface area contributed by atoms with Crippen molar-refractivity contribution in [3.8, 4) is 0 Å². The molecule has 0 aromatic rings. The maximum atomic E-state index is 10.9. The highest BCUT2D eigenvalue weighted by molar-refractivity contribution is 6.20. The van der Waals surface area contributed by atoms with Crippen molar-refractivity contribution in [3.05, 3.63) is 0 Å². The van der Waals surface area contributed by atoms with Crippen LogP contribution in [0.2, 0.25) is 0 Å². The third-order valence-corrected chi connectivity index (χ3v) is 2.78. The number of amides is 1. The molecule has 1 aliphatic carbocycles. The van der Waals surface area contributed by atoms with E-state index in [1.54, 1.807) is 0 Å². The van der Waals surface area contributed by atoms with Crippen molar-refractivity contribution in [3.63, 3.8) is 0 Å². The molecule has 0 bridgehead atoms. The highest BCUT2D eigenvalue weighted by Crippen LogP contribution is 2.28. The first-order valence-electron chi connectivity index (χ1n) is 4.63. The smallest absolute Gasteiger partial charge is 0.219 e. The normalized spacial score (nSPS) is 28.8. The predicted octanol–water partition coefficient (Wildman–Crippen LogP) is 1.92. The fourth-order valence-electron chi connectivity index (χ4n) is 1.58. The first-order valence-corrected chi connectivity index (χ1v) is 5.06. The molecule has 12 heavy (non-hydrogen) atoms. The van der Waals surface area contributed by atoms with Crippen LogP contribution in [-0.2, 0) is 4.79 Å². The van der Waals surface area contributed by atoms with Crippen molar-refractivity contribution in [1.82, 2.24) is 5.32 Å². The SMILES string of the molecule is CCC(=O)NCC1CCC(Cl)C1. The van der Waals surface area contributed by atoms with Crippen LogP contribution in [0.4, 0.5) is 0 Å². The standard InChI is InChI=1S/C9H16ClNO/c1-2-9(12)11-6-7-3-4-8(10)5-7/h7-8H,2-6H2,1H3,(H,11,12). The fourth-order valence-corrected chi connectivity index (χ4v) is 1.96. The van der Waals surface area contributed by atoms with Gasteiger partial charge in [-0.2, -0.15) is 0 Å². The lowest BCUT2D eigenvalue weighted by Crippen LogP contribution is -2.27. The van der Waals surface area contributed by atoms with Crippen LogP contribution >= 0.6 is 11.6 Å². The molecular weight excluding hydrogens is 174 g/mol. The first kappa shape index (κ1) is 9.85. The second-order valence-electron chi connectivity index (χ2n) is 3.43. The van der Waals surface area contributed by atoms with Gasteiger partial charge in [0, 0.05) is 18.3 Å². The molecule has 0 saturated heterocycles. The average Bonchev–Trinajstić information content (AvgIpc) is 2.47. The Balaban J connectivity index is 2.11.